The predicted octanol–water partition coefficient (Wildman–Crippen LogP) is 5.13. The van der Waals surface area contributed by atoms with Gasteiger partial charge in [0.1, 0.15) is 0 Å². The molecule has 0 amide bonds. The van der Waals surface area contributed by atoms with Crippen LogP contribution in [0.2, 0.25) is 0 Å². The van der Waals surface area contributed by atoms with E-state index >= 15 is 0 Å². The van der Waals surface area contributed by atoms with Crippen molar-refractivity contribution < 1.29 is 19.1 Å². The van der Waals surface area contributed by atoms with E-state index in [1.54, 1.807) is 0 Å². The second kappa shape index (κ2) is 17.8. The molecule has 0 saturated heterocycles. The summed E-state index contributed by atoms with van der Waals surface area (Å²) in [7, 11) is 0. The maximum absolute atomic E-state index is 10.6. The van der Waals surface area contributed by atoms with Crippen LogP contribution in [0, 0.1) is 0 Å². The first-order valence-corrected chi connectivity index (χ1v) is 9.19. The molecule has 0 aliphatic rings. The fourth-order valence-corrected chi connectivity index (χ4v) is 2.18. The molecule has 0 aliphatic heterocycles. The number of unbranched alkanes of at least 4 members (excludes halogenated alkanes) is 7. The molecule has 0 N–H and O–H groups in total. The number of carbonyl (C=O) groups excluding carboxylic acids is 2. The molecule has 4 heteroatoms. The van der Waals surface area contributed by atoms with Crippen molar-refractivity contribution in [1.29, 1.82) is 0 Å². The first-order valence-electron chi connectivity index (χ1n) is 9.19. The van der Waals surface area contributed by atoms with E-state index in [2.05, 4.69) is 24.3 Å². The number of ether oxygens (including phenoxy) is 2. The normalized spacial score (nSPS) is 11.2. The predicted molar refractivity (Wildman–Crippen MR) is 97.7 cm³/mol. The van der Waals surface area contributed by atoms with E-state index in [-0.39, 0.29) is 11.9 Å². The van der Waals surface area contributed by atoms with Gasteiger partial charge < -0.3 is 9.47 Å². The van der Waals surface area contributed by atoms with Gasteiger partial charge in [0.2, 0.25) is 0 Å². The summed E-state index contributed by atoms with van der Waals surface area (Å²) in [5.74, 6) is -0.397. The molecule has 0 radical (unpaired) electrons. The van der Waals surface area contributed by atoms with E-state index in [9.17, 15) is 9.59 Å². The van der Waals surface area contributed by atoms with Crippen LogP contribution in [0.5, 0.6) is 0 Å². The number of esters is 2. The van der Waals surface area contributed by atoms with E-state index in [4.69, 9.17) is 9.47 Å². The highest BCUT2D eigenvalue weighted by Crippen LogP contribution is 2.07. The summed E-state index contributed by atoms with van der Waals surface area (Å²) in [4.78, 5) is 21.1. The fraction of sp³-hybridized carbons (Fsp3) is 0.700. The number of hydrogen-bond acceptors (Lipinski definition) is 4. The molecule has 0 atom stereocenters. The van der Waals surface area contributed by atoms with E-state index in [0.29, 0.717) is 13.2 Å². The third kappa shape index (κ3) is 20.4. The van der Waals surface area contributed by atoms with Gasteiger partial charge in [0, 0.05) is 13.8 Å². The molecule has 0 aromatic heterocycles. The molecule has 0 rings (SSSR count). The van der Waals surface area contributed by atoms with Crippen molar-refractivity contribution >= 4 is 11.9 Å². The Morgan fingerprint density at radius 2 is 0.917 bits per heavy atom. The topological polar surface area (TPSA) is 52.6 Å². The van der Waals surface area contributed by atoms with E-state index in [0.717, 1.165) is 38.5 Å². The minimum Gasteiger partial charge on any atom is -0.466 e. The highest BCUT2D eigenvalue weighted by molar-refractivity contribution is 5.66. The summed E-state index contributed by atoms with van der Waals surface area (Å²) in [6, 6.07) is 0. The summed E-state index contributed by atoms with van der Waals surface area (Å²) in [5, 5.41) is 0. The van der Waals surface area contributed by atoms with Crippen LogP contribution in [-0.2, 0) is 19.1 Å². The lowest BCUT2D eigenvalue weighted by Crippen LogP contribution is -1.99. The van der Waals surface area contributed by atoms with Crippen molar-refractivity contribution in [2.45, 2.75) is 78.1 Å². The number of allylic oxidation sites excluding steroid dienone is 4. The monoisotopic (exact) mass is 338 g/mol. The average Bonchev–Trinajstić information content (AvgIpc) is 2.53. The summed E-state index contributed by atoms with van der Waals surface area (Å²) in [5.41, 5.74) is 0. The van der Waals surface area contributed by atoms with Gasteiger partial charge in [-0.1, -0.05) is 37.1 Å². The third-order valence-electron chi connectivity index (χ3n) is 3.47. The number of hydrogen-bond donors (Lipinski definition) is 0. The standard InChI is InChI=1S/C20H34O4/c1-19(21)23-17-15-13-11-9-7-5-3-4-6-8-10-12-14-16-18-24-20(2)22/h9-12H,3-8,13-18H2,1-2H3/b11-9+,12-10+. The minimum atomic E-state index is -0.198. The largest absolute Gasteiger partial charge is 0.466 e. The van der Waals surface area contributed by atoms with Crippen LogP contribution in [-0.4, -0.2) is 25.2 Å². The van der Waals surface area contributed by atoms with Crippen LogP contribution in [0.1, 0.15) is 78.1 Å². The van der Waals surface area contributed by atoms with Crippen LogP contribution >= 0.6 is 0 Å². The third-order valence-corrected chi connectivity index (χ3v) is 3.47. The van der Waals surface area contributed by atoms with Gasteiger partial charge in [0.25, 0.3) is 0 Å². The van der Waals surface area contributed by atoms with Crippen LogP contribution in [0.4, 0.5) is 0 Å². The molecule has 0 bridgehead atoms. The quantitative estimate of drug-likeness (QED) is 0.236. The van der Waals surface area contributed by atoms with Gasteiger partial charge in [-0.25, -0.2) is 0 Å². The minimum absolute atomic E-state index is 0.198. The molecule has 0 heterocycles. The Morgan fingerprint density at radius 1 is 0.583 bits per heavy atom. The maximum atomic E-state index is 10.6. The zero-order valence-corrected chi connectivity index (χ0v) is 15.4. The number of carbonyl (C=O) groups is 2. The Hall–Kier alpha value is -1.58. The van der Waals surface area contributed by atoms with Crippen molar-refractivity contribution in [2.24, 2.45) is 0 Å². The molecule has 24 heavy (non-hydrogen) atoms. The highest BCUT2D eigenvalue weighted by Gasteiger charge is 1.92. The molecular formula is C20H34O4. The van der Waals surface area contributed by atoms with E-state index in [1.807, 2.05) is 0 Å². The molecule has 0 unspecified atom stereocenters. The lowest BCUT2D eigenvalue weighted by molar-refractivity contribution is -0.142. The summed E-state index contributed by atoms with van der Waals surface area (Å²) in [6.07, 6.45) is 19.9. The fourth-order valence-electron chi connectivity index (χ4n) is 2.18. The zero-order valence-electron chi connectivity index (χ0n) is 15.4. The first-order chi connectivity index (χ1) is 11.6. The van der Waals surface area contributed by atoms with Gasteiger partial charge in [-0.15, -0.1) is 0 Å². The van der Waals surface area contributed by atoms with Crippen molar-refractivity contribution in [1.82, 2.24) is 0 Å². The van der Waals surface area contributed by atoms with Crippen molar-refractivity contribution in [3.05, 3.63) is 24.3 Å². The van der Waals surface area contributed by atoms with Gasteiger partial charge in [-0.3, -0.25) is 9.59 Å². The molecule has 0 aromatic carbocycles. The smallest absolute Gasteiger partial charge is 0.302 e. The first kappa shape index (κ1) is 22.4. The van der Waals surface area contributed by atoms with Gasteiger partial charge in [0.15, 0.2) is 0 Å². The Labute approximate surface area is 147 Å². The zero-order chi connectivity index (χ0) is 17.9. The molecule has 0 aromatic rings. The van der Waals surface area contributed by atoms with Crippen molar-refractivity contribution in [3.8, 4) is 0 Å². The van der Waals surface area contributed by atoms with Crippen LogP contribution in [0.25, 0.3) is 0 Å². The van der Waals surface area contributed by atoms with Crippen molar-refractivity contribution in [2.75, 3.05) is 13.2 Å². The van der Waals surface area contributed by atoms with Gasteiger partial charge in [-0.2, -0.15) is 0 Å². The molecule has 0 aliphatic carbocycles. The van der Waals surface area contributed by atoms with E-state index in [1.165, 1.54) is 39.5 Å². The lowest BCUT2D eigenvalue weighted by Gasteiger charge is -1.99. The van der Waals surface area contributed by atoms with Gasteiger partial charge in [0.05, 0.1) is 13.2 Å². The summed E-state index contributed by atoms with van der Waals surface area (Å²) >= 11 is 0. The Morgan fingerprint density at radius 3 is 1.25 bits per heavy atom. The van der Waals surface area contributed by atoms with Crippen molar-refractivity contribution in [3.63, 3.8) is 0 Å². The maximum Gasteiger partial charge on any atom is 0.302 e. The Balaban J connectivity index is 3.19. The molecule has 0 spiro atoms. The Bertz CT molecular complexity index is 336. The van der Waals surface area contributed by atoms with Crippen LogP contribution < -0.4 is 0 Å². The lowest BCUT2D eigenvalue weighted by atomic mass is 10.1. The molecule has 4 nitrogen and oxygen atoms in total. The second-order valence-electron chi connectivity index (χ2n) is 5.90. The average molecular weight is 338 g/mol. The Kier molecular flexibility index (Phi) is 16.6. The molecule has 138 valence electrons. The van der Waals surface area contributed by atoms with Gasteiger partial charge in [-0.05, 0) is 51.4 Å². The number of rotatable bonds is 15. The summed E-state index contributed by atoms with van der Waals surface area (Å²) in [6.45, 7) is 3.93. The molecule has 0 saturated carbocycles. The molecule has 0 fully saturated rings. The second-order valence-corrected chi connectivity index (χ2v) is 5.90. The summed E-state index contributed by atoms with van der Waals surface area (Å²) < 4.78 is 9.74. The van der Waals surface area contributed by atoms with E-state index < -0.39 is 0 Å². The van der Waals surface area contributed by atoms with Gasteiger partial charge >= 0.3 is 11.9 Å². The molecular weight excluding hydrogens is 304 g/mol. The highest BCUT2D eigenvalue weighted by atomic mass is 16.5. The van der Waals surface area contributed by atoms with Crippen LogP contribution in [0.15, 0.2) is 24.3 Å². The SMILES string of the molecule is CC(=O)OCCC/C=C/CCCCCC/C=C/CCCOC(C)=O. The van der Waals surface area contributed by atoms with Crippen LogP contribution in [0.3, 0.4) is 0 Å².